The molecule has 21 heavy (non-hydrogen) atoms. The minimum absolute atomic E-state index is 0.0536. The van der Waals surface area contributed by atoms with Crippen molar-refractivity contribution in [2.24, 2.45) is 0 Å². The van der Waals surface area contributed by atoms with Crippen molar-refractivity contribution < 1.29 is 9.90 Å². The van der Waals surface area contributed by atoms with Crippen molar-refractivity contribution >= 4 is 17.6 Å². The summed E-state index contributed by atoms with van der Waals surface area (Å²) < 4.78 is 1.55. The maximum Gasteiger partial charge on any atom is 0.354 e. The zero-order valence-electron chi connectivity index (χ0n) is 13.2. The quantitative estimate of drug-likeness (QED) is 0.882. The second-order valence-corrected chi connectivity index (χ2v) is 7.10. The van der Waals surface area contributed by atoms with E-state index in [0.717, 1.165) is 0 Å². The van der Waals surface area contributed by atoms with Crippen LogP contribution in [0.1, 0.15) is 57.9 Å². The summed E-state index contributed by atoms with van der Waals surface area (Å²) in [5.41, 5.74) is -0.532. The Hall–Kier alpha value is -2.18. The van der Waals surface area contributed by atoms with Gasteiger partial charge in [0.1, 0.15) is 5.82 Å². The van der Waals surface area contributed by atoms with Gasteiger partial charge in [0.2, 0.25) is 0 Å². The van der Waals surface area contributed by atoms with Gasteiger partial charge in [-0.25, -0.2) is 9.78 Å². The normalized spacial score (nSPS) is 12.7. The lowest BCUT2D eigenvalue weighted by atomic mass is 9.96. The van der Waals surface area contributed by atoms with E-state index in [-0.39, 0.29) is 22.4 Å². The van der Waals surface area contributed by atoms with Crippen molar-refractivity contribution in [3.8, 4) is 0 Å². The standard InChI is InChI=1S/C14H21N5O2/c1-13(2,3)11-16-12-15-8(10(20)21)7-9(19(12)18-11)17-14(4,5)6/h7,17H,1-6H3,(H,20,21). The lowest BCUT2D eigenvalue weighted by Gasteiger charge is -2.22. The molecule has 0 atom stereocenters. The van der Waals surface area contributed by atoms with Gasteiger partial charge >= 0.3 is 5.97 Å². The molecular weight excluding hydrogens is 270 g/mol. The zero-order chi connectivity index (χ0) is 16.0. The molecule has 0 radical (unpaired) electrons. The van der Waals surface area contributed by atoms with E-state index in [1.807, 2.05) is 41.5 Å². The Morgan fingerprint density at radius 2 is 1.81 bits per heavy atom. The molecule has 114 valence electrons. The largest absolute Gasteiger partial charge is 0.477 e. The predicted octanol–water partition coefficient (Wildman–Crippen LogP) is 2.33. The van der Waals surface area contributed by atoms with Crippen LogP contribution in [0.3, 0.4) is 0 Å². The molecule has 2 heterocycles. The topological polar surface area (TPSA) is 92.4 Å². The predicted molar refractivity (Wildman–Crippen MR) is 79.8 cm³/mol. The van der Waals surface area contributed by atoms with E-state index in [1.165, 1.54) is 6.07 Å². The monoisotopic (exact) mass is 291 g/mol. The first-order valence-electron chi connectivity index (χ1n) is 6.77. The molecule has 7 heteroatoms. The average molecular weight is 291 g/mol. The summed E-state index contributed by atoms with van der Waals surface area (Å²) in [5, 5.41) is 16.9. The molecule has 0 saturated heterocycles. The number of anilines is 1. The minimum Gasteiger partial charge on any atom is -0.477 e. The van der Waals surface area contributed by atoms with Crippen LogP contribution in [0, 0.1) is 0 Å². The van der Waals surface area contributed by atoms with Crippen molar-refractivity contribution in [1.82, 2.24) is 19.6 Å². The van der Waals surface area contributed by atoms with Crippen LogP contribution in [0.4, 0.5) is 5.82 Å². The maximum absolute atomic E-state index is 11.2. The molecule has 0 bridgehead atoms. The summed E-state index contributed by atoms with van der Waals surface area (Å²) in [5.74, 6) is 0.378. The zero-order valence-corrected chi connectivity index (χ0v) is 13.2. The summed E-state index contributed by atoms with van der Waals surface area (Å²) in [6.07, 6.45) is 0. The van der Waals surface area contributed by atoms with Crippen molar-refractivity contribution in [3.05, 3.63) is 17.6 Å². The Balaban J connectivity index is 2.68. The number of nitrogens with one attached hydrogen (secondary N) is 1. The molecule has 0 aliphatic carbocycles. The SMILES string of the molecule is CC(C)(C)Nc1cc(C(=O)O)nc2nc(C(C)(C)C)nn12. The maximum atomic E-state index is 11.2. The van der Waals surface area contributed by atoms with E-state index < -0.39 is 5.97 Å². The first-order valence-corrected chi connectivity index (χ1v) is 6.77. The van der Waals surface area contributed by atoms with Crippen LogP contribution < -0.4 is 5.32 Å². The summed E-state index contributed by atoms with van der Waals surface area (Å²) >= 11 is 0. The Kier molecular flexibility index (Phi) is 3.39. The number of carboxylic acid groups (broad SMARTS) is 1. The van der Waals surface area contributed by atoms with Gasteiger partial charge in [0.05, 0.1) is 0 Å². The number of carbonyl (C=O) groups is 1. The van der Waals surface area contributed by atoms with Gasteiger partial charge in [-0.05, 0) is 20.8 Å². The molecule has 0 aliphatic heterocycles. The van der Waals surface area contributed by atoms with E-state index in [1.54, 1.807) is 4.52 Å². The van der Waals surface area contributed by atoms with Gasteiger partial charge in [-0.2, -0.15) is 9.50 Å². The molecule has 2 aromatic rings. The Bertz CT molecular complexity index is 692. The van der Waals surface area contributed by atoms with Gasteiger partial charge in [-0.1, -0.05) is 20.8 Å². The molecular formula is C14H21N5O2. The van der Waals surface area contributed by atoms with Gasteiger partial charge in [-0.3, -0.25) is 0 Å². The molecule has 0 aliphatic rings. The molecule has 0 fully saturated rings. The van der Waals surface area contributed by atoms with Gasteiger partial charge < -0.3 is 10.4 Å². The second-order valence-electron chi connectivity index (χ2n) is 7.10. The van der Waals surface area contributed by atoms with Crippen molar-refractivity contribution in [2.45, 2.75) is 52.5 Å². The highest BCUT2D eigenvalue weighted by Gasteiger charge is 2.23. The van der Waals surface area contributed by atoms with Gasteiger partial charge in [0, 0.05) is 17.0 Å². The molecule has 2 rings (SSSR count). The fourth-order valence-electron chi connectivity index (χ4n) is 1.77. The van der Waals surface area contributed by atoms with Gasteiger partial charge in [-0.15, -0.1) is 5.10 Å². The molecule has 0 spiro atoms. The molecule has 0 aromatic carbocycles. The number of carboxylic acids is 1. The highest BCUT2D eigenvalue weighted by Crippen LogP contribution is 2.22. The fourth-order valence-corrected chi connectivity index (χ4v) is 1.77. The molecule has 7 nitrogen and oxygen atoms in total. The van der Waals surface area contributed by atoms with Crippen LogP contribution in [-0.2, 0) is 5.41 Å². The summed E-state index contributed by atoms with van der Waals surface area (Å²) in [6.45, 7) is 12.0. The van der Waals surface area contributed by atoms with Crippen LogP contribution in [0.2, 0.25) is 0 Å². The number of hydrogen-bond donors (Lipinski definition) is 2. The highest BCUT2D eigenvalue weighted by molar-refractivity contribution is 5.86. The molecule has 0 amide bonds. The average Bonchev–Trinajstić information content (AvgIpc) is 2.70. The highest BCUT2D eigenvalue weighted by atomic mass is 16.4. The van der Waals surface area contributed by atoms with E-state index in [9.17, 15) is 9.90 Å². The number of aromatic carboxylic acids is 1. The Morgan fingerprint density at radius 3 is 2.29 bits per heavy atom. The number of rotatable bonds is 2. The van der Waals surface area contributed by atoms with Gasteiger partial charge in [0.25, 0.3) is 5.78 Å². The third kappa shape index (κ3) is 3.29. The molecule has 2 N–H and O–H groups in total. The van der Waals surface area contributed by atoms with Crippen LogP contribution in [0.15, 0.2) is 6.07 Å². The van der Waals surface area contributed by atoms with E-state index in [4.69, 9.17) is 0 Å². The fraction of sp³-hybridized carbons (Fsp3) is 0.571. The number of hydrogen-bond acceptors (Lipinski definition) is 5. The summed E-state index contributed by atoms with van der Waals surface area (Å²) in [4.78, 5) is 19.6. The van der Waals surface area contributed by atoms with E-state index in [2.05, 4.69) is 20.4 Å². The van der Waals surface area contributed by atoms with Crippen molar-refractivity contribution in [3.63, 3.8) is 0 Å². The molecule has 0 saturated carbocycles. The Labute approximate surface area is 123 Å². The van der Waals surface area contributed by atoms with E-state index >= 15 is 0 Å². The number of aromatic nitrogens is 4. The third-order valence-corrected chi connectivity index (χ3v) is 2.71. The summed E-state index contributed by atoms with van der Waals surface area (Å²) in [6, 6.07) is 1.47. The first kappa shape index (κ1) is 15.2. The van der Waals surface area contributed by atoms with E-state index in [0.29, 0.717) is 11.6 Å². The molecule has 0 unspecified atom stereocenters. The third-order valence-electron chi connectivity index (χ3n) is 2.71. The number of fused-ring (bicyclic) bond motifs is 1. The van der Waals surface area contributed by atoms with Crippen molar-refractivity contribution in [2.75, 3.05) is 5.32 Å². The lowest BCUT2D eigenvalue weighted by molar-refractivity contribution is 0.0690. The molecule has 2 aromatic heterocycles. The van der Waals surface area contributed by atoms with Crippen LogP contribution in [-0.4, -0.2) is 36.2 Å². The van der Waals surface area contributed by atoms with Gasteiger partial charge in [0.15, 0.2) is 11.5 Å². The minimum atomic E-state index is -1.09. The smallest absolute Gasteiger partial charge is 0.354 e. The van der Waals surface area contributed by atoms with Crippen molar-refractivity contribution in [1.29, 1.82) is 0 Å². The lowest BCUT2D eigenvalue weighted by Crippen LogP contribution is -2.28. The second kappa shape index (κ2) is 4.68. The van der Waals surface area contributed by atoms with Crippen LogP contribution in [0.5, 0.6) is 0 Å². The first-order chi connectivity index (χ1) is 9.47. The summed E-state index contributed by atoms with van der Waals surface area (Å²) in [7, 11) is 0. The van der Waals surface area contributed by atoms with Crippen LogP contribution >= 0.6 is 0 Å². The number of nitrogens with zero attached hydrogens (tertiary/aromatic N) is 4. The van der Waals surface area contributed by atoms with Crippen LogP contribution in [0.25, 0.3) is 5.78 Å². The Morgan fingerprint density at radius 1 is 1.19 bits per heavy atom.